The normalized spacial score (nSPS) is 11.3. The molecule has 116 valence electrons. The number of carbonyl (C=O) groups is 1. The summed E-state index contributed by atoms with van der Waals surface area (Å²) in [7, 11) is 0. The van der Waals surface area contributed by atoms with Gasteiger partial charge in [-0.25, -0.2) is 0 Å². The summed E-state index contributed by atoms with van der Waals surface area (Å²) in [4.78, 5) is 14.3. The predicted octanol–water partition coefficient (Wildman–Crippen LogP) is 3.90. The number of anilines is 1. The van der Waals surface area contributed by atoms with E-state index in [1.165, 1.54) is 0 Å². The zero-order valence-corrected chi connectivity index (χ0v) is 13.4. The Morgan fingerprint density at radius 2 is 1.67 bits per heavy atom. The Morgan fingerprint density at radius 3 is 2.19 bits per heavy atom. The molecule has 0 radical (unpaired) electrons. The first-order valence-electron chi connectivity index (χ1n) is 7.83. The van der Waals surface area contributed by atoms with E-state index in [1.54, 1.807) is 6.92 Å². The molecule has 0 aromatic heterocycles. The molecule has 1 N–H and O–H groups in total. The Morgan fingerprint density at radius 1 is 1.10 bits per heavy atom. The number of hydrogen-bond donors (Lipinski definition) is 1. The third-order valence-electron chi connectivity index (χ3n) is 3.29. The van der Waals surface area contributed by atoms with Gasteiger partial charge in [0.1, 0.15) is 5.71 Å². The monoisotopic (exact) mass is 289 g/mol. The molecule has 0 aliphatic carbocycles. The Hall–Kier alpha value is -1.84. The van der Waals surface area contributed by atoms with Gasteiger partial charge in [0.2, 0.25) is 0 Å². The van der Waals surface area contributed by atoms with Gasteiger partial charge >= 0.3 is 0 Å². The second kappa shape index (κ2) is 9.97. The van der Waals surface area contributed by atoms with Crippen molar-refractivity contribution in [2.45, 2.75) is 46.5 Å². The van der Waals surface area contributed by atoms with Crippen molar-refractivity contribution in [2.24, 2.45) is 5.10 Å². The lowest BCUT2D eigenvalue weighted by Gasteiger charge is -2.22. The van der Waals surface area contributed by atoms with E-state index in [1.807, 2.05) is 35.2 Å². The quantitative estimate of drug-likeness (QED) is 0.553. The molecule has 1 rings (SSSR count). The third kappa shape index (κ3) is 6.43. The van der Waals surface area contributed by atoms with E-state index in [4.69, 9.17) is 0 Å². The molecule has 0 atom stereocenters. The third-order valence-corrected chi connectivity index (χ3v) is 3.29. The van der Waals surface area contributed by atoms with Gasteiger partial charge < -0.3 is 4.90 Å². The number of hydrogen-bond acceptors (Lipinski definition) is 3. The van der Waals surface area contributed by atoms with E-state index >= 15 is 0 Å². The Kier molecular flexibility index (Phi) is 8.17. The predicted molar refractivity (Wildman–Crippen MR) is 89.6 cm³/mol. The van der Waals surface area contributed by atoms with E-state index in [0.29, 0.717) is 5.71 Å². The number of unbranched alkanes of at least 4 members (excludes halogenated alkanes) is 2. The van der Waals surface area contributed by atoms with Crippen LogP contribution in [-0.4, -0.2) is 29.6 Å². The summed E-state index contributed by atoms with van der Waals surface area (Å²) in [6.07, 6.45) is 4.26. The first kappa shape index (κ1) is 17.2. The summed E-state index contributed by atoms with van der Waals surface area (Å²) in [6.45, 7) is 7.67. The van der Waals surface area contributed by atoms with Gasteiger partial charge in [-0.15, -0.1) is 0 Å². The van der Waals surface area contributed by atoms with Gasteiger partial charge in [-0.1, -0.05) is 44.9 Å². The SMILES string of the molecule is CCCCN(CCCC)C(=O)C(C)=NNc1ccccc1. The number of benzene rings is 1. The van der Waals surface area contributed by atoms with Gasteiger partial charge in [-0.2, -0.15) is 5.10 Å². The van der Waals surface area contributed by atoms with Crippen LogP contribution < -0.4 is 5.43 Å². The molecule has 0 aliphatic rings. The zero-order chi connectivity index (χ0) is 15.5. The molecule has 0 spiro atoms. The van der Waals surface area contributed by atoms with Crippen LogP contribution in [0.3, 0.4) is 0 Å². The van der Waals surface area contributed by atoms with Gasteiger partial charge in [-0.05, 0) is 31.9 Å². The van der Waals surface area contributed by atoms with Crippen molar-refractivity contribution in [3.05, 3.63) is 30.3 Å². The fraction of sp³-hybridized carbons (Fsp3) is 0.529. The molecule has 0 aliphatic heterocycles. The van der Waals surface area contributed by atoms with E-state index in [9.17, 15) is 4.79 Å². The maximum Gasteiger partial charge on any atom is 0.269 e. The van der Waals surface area contributed by atoms with Gasteiger partial charge in [0.05, 0.1) is 5.69 Å². The van der Waals surface area contributed by atoms with E-state index in [2.05, 4.69) is 24.4 Å². The Balaban J connectivity index is 2.62. The van der Waals surface area contributed by atoms with Crippen molar-refractivity contribution in [1.29, 1.82) is 0 Å². The molecule has 0 fully saturated rings. The molecule has 1 aromatic rings. The molecule has 0 heterocycles. The summed E-state index contributed by atoms with van der Waals surface area (Å²) < 4.78 is 0. The zero-order valence-electron chi connectivity index (χ0n) is 13.4. The highest BCUT2D eigenvalue weighted by molar-refractivity contribution is 6.37. The molecule has 0 saturated carbocycles. The summed E-state index contributed by atoms with van der Waals surface area (Å²) in [6, 6.07) is 9.66. The van der Waals surface area contributed by atoms with Crippen LogP contribution in [0.25, 0.3) is 0 Å². The van der Waals surface area contributed by atoms with Gasteiger partial charge in [0.15, 0.2) is 0 Å². The number of amides is 1. The topological polar surface area (TPSA) is 44.7 Å². The highest BCUT2D eigenvalue weighted by atomic mass is 16.2. The lowest BCUT2D eigenvalue weighted by Crippen LogP contribution is -2.37. The lowest BCUT2D eigenvalue weighted by molar-refractivity contribution is -0.124. The van der Waals surface area contributed by atoms with Crippen molar-refractivity contribution >= 4 is 17.3 Å². The molecular weight excluding hydrogens is 262 g/mol. The second-order valence-corrected chi connectivity index (χ2v) is 5.17. The van der Waals surface area contributed by atoms with Crippen molar-refractivity contribution < 1.29 is 4.79 Å². The van der Waals surface area contributed by atoms with Crippen LogP contribution in [0.5, 0.6) is 0 Å². The number of para-hydroxylation sites is 1. The number of hydrazone groups is 1. The molecule has 0 bridgehead atoms. The molecule has 1 aromatic carbocycles. The van der Waals surface area contributed by atoms with Crippen LogP contribution in [0.1, 0.15) is 46.5 Å². The van der Waals surface area contributed by atoms with Crippen LogP contribution in [0, 0.1) is 0 Å². The Bertz CT molecular complexity index is 435. The van der Waals surface area contributed by atoms with Crippen LogP contribution in [0.4, 0.5) is 5.69 Å². The smallest absolute Gasteiger partial charge is 0.269 e. The van der Waals surface area contributed by atoms with Crippen molar-refractivity contribution in [1.82, 2.24) is 4.90 Å². The minimum Gasteiger partial charge on any atom is -0.338 e. The minimum atomic E-state index is 0.0281. The summed E-state index contributed by atoms with van der Waals surface area (Å²) in [5.74, 6) is 0.0281. The fourth-order valence-electron chi connectivity index (χ4n) is 1.95. The molecule has 0 unspecified atom stereocenters. The second-order valence-electron chi connectivity index (χ2n) is 5.17. The maximum atomic E-state index is 12.4. The first-order chi connectivity index (χ1) is 10.2. The number of carbonyl (C=O) groups excluding carboxylic acids is 1. The van der Waals surface area contributed by atoms with Crippen molar-refractivity contribution in [3.8, 4) is 0 Å². The fourth-order valence-corrected chi connectivity index (χ4v) is 1.95. The molecule has 1 amide bonds. The van der Waals surface area contributed by atoms with E-state index in [0.717, 1.165) is 44.5 Å². The largest absolute Gasteiger partial charge is 0.338 e. The van der Waals surface area contributed by atoms with Gasteiger partial charge in [-0.3, -0.25) is 10.2 Å². The number of nitrogens with zero attached hydrogens (tertiary/aromatic N) is 2. The molecule has 21 heavy (non-hydrogen) atoms. The lowest BCUT2D eigenvalue weighted by atomic mass is 10.2. The summed E-state index contributed by atoms with van der Waals surface area (Å²) in [5, 5.41) is 4.21. The maximum absolute atomic E-state index is 12.4. The summed E-state index contributed by atoms with van der Waals surface area (Å²) >= 11 is 0. The highest BCUT2D eigenvalue weighted by Gasteiger charge is 2.15. The number of rotatable bonds is 9. The van der Waals surface area contributed by atoms with Crippen LogP contribution in [0.2, 0.25) is 0 Å². The van der Waals surface area contributed by atoms with Crippen LogP contribution >= 0.6 is 0 Å². The van der Waals surface area contributed by atoms with E-state index < -0.39 is 0 Å². The standard InChI is InChI=1S/C17H27N3O/c1-4-6-13-20(14-7-5-2)17(21)15(3)18-19-16-11-9-8-10-12-16/h8-12,19H,4-7,13-14H2,1-3H3. The molecule has 4 heteroatoms. The summed E-state index contributed by atoms with van der Waals surface area (Å²) in [5.41, 5.74) is 4.33. The van der Waals surface area contributed by atoms with Crippen LogP contribution in [-0.2, 0) is 4.79 Å². The minimum absolute atomic E-state index is 0.0281. The Labute approximate surface area is 128 Å². The van der Waals surface area contributed by atoms with Gasteiger partial charge in [0.25, 0.3) is 5.91 Å². The van der Waals surface area contributed by atoms with Gasteiger partial charge in [0, 0.05) is 13.1 Å². The first-order valence-corrected chi connectivity index (χ1v) is 7.83. The average Bonchev–Trinajstić information content (AvgIpc) is 2.53. The average molecular weight is 289 g/mol. The molecular formula is C17H27N3O. The highest BCUT2D eigenvalue weighted by Crippen LogP contribution is 2.06. The molecule has 0 saturated heterocycles. The van der Waals surface area contributed by atoms with E-state index in [-0.39, 0.29) is 5.91 Å². The number of nitrogens with one attached hydrogen (secondary N) is 1. The van der Waals surface area contributed by atoms with Crippen molar-refractivity contribution in [3.63, 3.8) is 0 Å². The molecule has 4 nitrogen and oxygen atoms in total. The van der Waals surface area contributed by atoms with Crippen molar-refractivity contribution in [2.75, 3.05) is 18.5 Å². The van der Waals surface area contributed by atoms with Crippen LogP contribution in [0.15, 0.2) is 35.4 Å².